The topological polar surface area (TPSA) is 37.3 Å². The molecule has 1 aliphatic carbocycles. The zero-order valence-corrected chi connectivity index (χ0v) is 11.5. The Morgan fingerprint density at radius 1 is 1.21 bits per heavy atom. The average molecular weight is 286 g/mol. The summed E-state index contributed by atoms with van der Waals surface area (Å²) in [5.74, 6) is -2.33. The van der Waals surface area contributed by atoms with Gasteiger partial charge >= 0.3 is 5.97 Å². The van der Waals surface area contributed by atoms with Gasteiger partial charge in [-0.15, -0.1) is 11.8 Å². The summed E-state index contributed by atoms with van der Waals surface area (Å²) in [5.41, 5.74) is -0.871. The highest BCUT2D eigenvalue weighted by Gasteiger charge is 2.42. The molecule has 0 aliphatic heterocycles. The molecule has 0 amide bonds. The number of carbonyl (C=O) groups is 1. The molecule has 1 fully saturated rings. The van der Waals surface area contributed by atoms with Crippen LogP contribution in [0.3, 0.4) is 0 Å². The van der Waals surface area contributed by atoms with Gasteiger partial charge in [0.15, 0.2) is 0 Å². The van der Waals surface area contributed by atoms with E-state index in [-0.39, 0.29) is 10.5 Å². The summed E-state index contributed by atoms with van der Waals surface area (Å²) in [6.45, 7) is 0. The number of halogens is 2. The lowest BCUT2D eigenvalue weighted by Gasteiger charge is -2.33. The van der Waals surface area contributed by atoms with Crippen molar-refractivity contribution in [3.63, 3.8) is 0 Å². The predicted molar refractivity (Wildman–Crippen MR) is 70.5 cm³/mol. The Balaban J connectivity index is 2.51. The second-order valence-electron chi connectivity index (χ2n) is 4.92. The number of hydrogen-bond acceptors (Lipinski definition) is 2. The van der Waals surface area contributed by atoms with E-state index >= 15 is 0 Å². The number of hydrogen-bond donors (Lipinski definition) is 1. The van der Waals surface area contributed by atoms with Gasteiger partial charge in [-0.05, 0) is 36.8 Å². The van der Waals surface area contributed by atoms with Crippen LogP contribution in [0.1, 0.15) is 37.7 Å². The molecule has 2 rings (SSSR count). The maximum atomic E-state index is 13.8. The second-order valence-corrected chi connectivity index (χ2v) is 5.74. The van der Waals surface area contributed by atoms with Crippen molar-refractivity contribution in [2.24, 2.45) is 0 Å². The third kappa shape index (κ3) is 2.48. The fourth-order valence-electron chi connectivity index (χ4n) is 2.81. The lowest BCUT2D eigenvalue weighted by molar-refractivity contribution is -0.145. The molecule has 1 N–H and O–H groups in total. The van der Waals surface area contributed by atoms with Crippen LogP contribution in [-0.4, -0.2) is 17.3 Å². The summed E-state index contributed by atoms with van der Waals surface area (Å²) >= 11 is 0.987. The average Bonchev–Trinajstić information content (AvgIpc) is 2.39. The molecule has 1 aromatic rings. The van der Waals surface area contributed by atoms with Crippen LogP contribution in [0.4, 0.5) is 8.78 Å². The van der Waals surface area contributed by atoms with Gasteiger partial charge in [0.1, 0.15) is 11.6 Å². The Labute approximate surface area is 115 Å². The first kappa shape index (κ1) is 14.3. The molecule has 0 saturated heterocycles. The maximum absolute atomic E-state index is 13.8. The predicted octanol–water partition coefficient (Wildman–Crippen LogP) is 3.97. The third-order valence-corrected chi connectivity index (χ3v) is 4.67. The van der Waals surface area contributed by atoms with Crippen LogP contribution < -0.4 is 0 Å². The Hall–Kier alpha value is -1.10. The summed E-state index contributed by atoms with van der Waals surface area (Å²) in [6, 6.07) is 2.38. The minimum Gasteiger partial charge on any atom is -0.481 e. The molecule has 2 nitrogen and oxygen atoms in total. The van der Waals surface area contributed by atoms with E-state index in [1.807, 2.05) is 0 Å². The molecule has 5 heteroatoms. The molecule has 0 radical (unpaired) electrons. The monoisotopic (exact) mass is 286 g/mol. The van der Waals surface area contributed by atoms with Gasteiger partial charge in [-0.1, -0.05) is 19.3 Å². The Morgan fingerprint density at radius 2 is 1.74 bits per heavy atom. The highest BCUT2D eigenvalue weighted by Crippen LogP contribution is 2.41. The fourth-order valence-corrected chi connectivity index (χ4v) is 3.32. The lowest BCUT2D eigenvalue weighted by Crippen LogP contribution is -2.38. The zero-order valence-electron chi connectivity index (χ0n) is 10.7. The van der Waals surface area contributed by atoms with Crippen LogP contribution in [0.2, 0.25) is 0 Å². The van der Waals surface area contributed by atoms with E-state index < -0.39 is 23.0 Å². The number of carboxylic acid groups (broad SMARTS) is 1. The molecule has 104 valence electrons. The Kier molecular flexibility index (Phi) is 4.13. The number of carboxylic acids is 1. The molecule has 0 aromatic heterocycles. The summed E-state index contributed by atoms with van der Waals surface area (Å²) in [7, 11) is 0. The molecule has 0 bridgehead atoms. The second kappa shape index (κ2) is 5.49. The first-order chi connectivity index (χ1) is 9.01. The minimum atomic E-state index is -1.13. The van der Waals surface area contributed by atoms with Crippen LogP contribution in [0.5, 0.6) is 0 Å². The van der Waals surface area contributed by atoms with Crippen molar-refractivity contribution in [3.8, 4) is 0 Å². The van der Waals surface area contributed by atoms with Crippen LogP contribution in [-0.2, 0) is 10.2 Å². The van der Waals surface area contributed by atoms with Crippen molar-refractivity contribution in [2.45, 2.75) is 42.4 Å². The normalized spacial score (nSPS) is 18.3. The molecule has 0 unspecified atom stereocenters. The van der Waals surface area contributed by atoms with Crippen molar-refractivity contribution < 1.29 is 18.7 Å². The van der Waals surface area contributed by atoms with Gasteiger partial charge in [0.05, 0.1) is 10.3 Å². The van der Waals surface area contributed by atoms with Gasteiger partial charge < -0.3 is 5.11 Å². The molecular formula is C14H16F2O2S. The first-order valence-electron chi connectivity index (χ1n) is 6.28. The molecule has 0 atom stereocenters. The molecule has 0 spiro atoms. The zero-order chi connectivity index (χ0) is 14.0. The van der Waals surface area contributed by atoms with Crippen molar-refractivity contribution in [1.29, 1.82) is 0 Å². The molecule has 1 aliphatic rings. The van der Waals surface area contributed by atoms with Gasteiger partial charge in [-0.3, -0.25) is 4.79 Å². The lowest BCUT2D eigenvalue weighted by atomic mass is 9.69. The first-order valence-corrected chi connectivity index (χ1v) is 7.50. The Morgan fingerprint density at radius 3 is 2.16 bits per heavy atom. The van der Waals surface area contributed by atoms with E-state index in [1.165, 1.54) is 12.1 Å². The smallest absolute Gasteiger partial charge is 0.314 e. The quantitative estimate of drug-likeness (QED) is 0.854. The molecule has 0 heterocycles. The van der Waals surface area contributed by atoms with Gasteiger partial charge in [0, 0.05) is 0 Å². The van der Waals surface area contributed by atoms with E-state index in [9.17, 15) is 18.7 Å². The van der Waals surface area contributed by atoms with Crippen molar-refractivity contribution >= 4 is 17.7 Å². The fraction of sp³-hybridized carbons (Fsp3) is 0.500. The van der Waals surface area contributed by atoms with Crippen LogP contribution in [0, 0.1) is 11.6 Å². The Bertz CT molecular complexity index is 473. The summed E-state index contributed by atoms with van der Waals surface area (Å²) in [5, 5.41) is 9.50. The standard InChI is InChI=1S/C14H16F2O2S/c1-19-12-10(15)7-9(8-11(12)16)14(13(17)18)5-3-2-4-6-14/h7-8H,2-6H2,1H3,(H,17,18). The van der Waals surface area contributed by atoms with E-state index in [0.717, 1.165) is 31.0 Å². The summed E-state index contributed by atoms with van der Waals surface area (Å²) in [6.07, 6.45) is 5.01. The van der Waals surface area contributed by atoms with Gasteiger partial charge in [0.2, 0.25) is 0 Å². The van der Waals surface area contributed by atoms with E-state index in [2.05, 4.69) is 0 Å². The van der Waals surface area contributed by atoms with E-state index in [4.69, 9.17) is 0 Å². The molecule has 1 aromatic carbocycles. The third-order valence-electron chi connectivity index (χ3n) is 3.87. The maximum Gasteiger partial charge on any atom is 0.314 e. The largest absolute Gasteiger partial charge is 0.481 e. The van der Waals surface area contributed by atoms with Gasteiger partial charge in [-0.25, -0.2) is 8.78 Å². The van der Waals surface area contributed by atoms with E-state index in [0.29, 0.717) is 12.8 Å². The number of rotatable bonds is 3. The van der Waals surface area contributed by atoms with E-state index in [1.54, 1.807) is 6.26 Å². The number of benzene rings is 1. The van der Waals surface area contributed by atoms with Gasteiger partial charge in [0.25, 0.3) is 0 Å². The van der Waals surface area contributed by atoms with Gasteiger partial charge in [-0.2, -0.15) is 0 Å². The van der Waals surface area contributed by atoms with Crippen LogP contribution >= 0.6 is 11.8 Å². The van der Waals surface area contributed by atoms with Crippen LogP contribution in [0.15, 0.2) is 17.0 Å². The molecule has 19 heavy (non-hydrogen) atoms. The number of thioether (sulfide) groups is 1. The SMILES string of the molecule is CSc1c(F)cc(C2(C(=O)O)CCCCC2)cc1F. The van der Waals surface area contributed by atoms with Crippen molar-refractivity contribution in [3.05, 3.63) is 29.3 Å². The summed E-state index contributed by atoms with van der Waals surface area (Å²) < 4.78 is 27.7. The van der Waals surface area contributed by atoms with Crippen molar-refractivity contribution in [2.75, 3.05) is 6.26 Å². The minimum absolute atomic E-state index is 0.0555. The summed E-state index contributed by atoms with van der Waals surface area (Å²) in [4.78, 5) is 11.5. The van der Waals surface area contributed by atoms with Crippen molar-refractivity contribution in [1.82, 2.24) is 0 Å². The highest BCUT2D eigenvalue weighted by atomic mass is 32.2. The number of aliphatic carboxylic acids is 1. The van der Waals surface area contributed by atoms with Crippen LogP contribution in [0.25, 0.3) is 0 Å². The highest BCUT2D eigenvalue weighted by molar-refractivity contribution is 7.98. The molecular weight excluding hydrogens is 270 g/mol. The molecule has 1 saturated carbocycles.